The standard InChI is InChI=1S/C15H19N3O2S/c1-11(15(20)18-7-2-3-8-18)17-14(19)12-9-13(21-10-12)5-4-6-16/h9-11H,2-3,6-8,16H2,1H3,(H,17,19). The second kappa shape index (κ2) is 7.25. The van der Waals surface area contributed by atoms with E-state index in [0.29, 0.717) is 12.1 Å². The number of thiophene rings is 1. The maximum absolute atomic E-state index is 12.1. The Bertz CT molecular complexity index is 579. The van der Waals surface area contributed by atoms with Crippen LogP contribution in [0.3, 0.4) is 0 Å². The molecule has 2 rings (SSSR count). The molecule has 1 unspecified atom stereocenters. The Kier molecular flexibility index (Phi) is 5.37. The summed E-state index contributed by atoms with van der Waals surface area (Å²) in [6.07, 6.45) is 2.08. The molecule has 2 heterocycles. The third-order valence-electron chi connectivity index (χ3n) is 3.31. The summed E-state index contributed by atoms with van der Waals surface area (Å²) in [5.74, 6) is 5.38. The second-order valence-corrected chi connectivity index (χ2v) is 5.84. The topological polar surface area (TPSA) is 75.4 Å². The molecule has 1 aromatic heterocycles. The number of likely N-dealkylation sites (tertiary alicyclic amines) is 1. The monoisotopic (exact) mass is 305 g/mol. The van der Waals surface area contributed by atoms with E-state index in [4.69, 9.17) is 5.73 Å². The fourth-order valence-electron chi connectivity index (χ4n) is 2.21. The number of amides is 2. The first-order chi connectivity index (χ1) is 10.1. The number of nitrogens with two attached hydrogens (primary N) is 1. The Morgan fingerprint density at radius 3 is 2.86 bits per heavy atom. The first-order valence-corrected chi connectivity index (χ1v) is 7.87. The van der Waals surface area contributed by atoms with E-state index < -0.39 is 6.04 Å². The van der Waals surface area contributed by atoms with Gasteiger partial charge in [-0.15, -0.1) is 11.3 Å². The van der Waals surface area contributed by atoms with Gasteiger partial charge in [0, 0.05) is 18.5 Å². The molecule has 1 aliphatic rings. The van der Waals surface area contributed by atoms with Crippen LogP contribution in [0, 0.1) is 11.8 Å². The fourth-order valence-corrected chi connectivity index (χ4v) is 2.97. The number of hydrogen-bond donors (Lipinski definition) is 2. The summed E-state index contributed by atoms with van der Waals surface area (Å²) in [7, 11) is 0. The van der Waals surface area contributed by atoms with Crippen molar-refractivity contribution in [1.82, 2.24) is 10.2 Å². The van der Waals surface area contributed by atoms with E-state index in [1.54, 1.807) is 23.3 Å². The number of carbonyl (C=O) groups is 2. The lowest BCUT2D eigenvalue weighted by Gasteiger charge is -2.20. The lowest BCUT2D eigenvalue weighted by molar-refractivity contribution is -0.131. The van der Waals surface area contributed by atoms with E-state index in [-0.39, 0.29) is 11.8 Å². The molecule has 0 aliphatic carbocycles. The zero-order valence-corrected chi connectivity index (χ0v) is 12.8. The van der Waals surface area contributed by atoms with Crippen LogP contribution in [-0.4, -0.2) is 42.4 Å². The summed E-state index contributed by atoms with van der Waals surface area (Å²) in [4.78, 5) is 26.8. The van der Waals surface area contributed by atoms with Gasteiger partial charge in [0.25, 0.3) is 5.91 Å². The van der Waals surface area contributed by atoms with Crippen molar-refractivity contribution in [1.29, 1.82) is 0 Å². The molecule has 112 valence electrons. The van der Waals surface area contributed by atoms with Crippen molar-refractivity contribution in [3.8, 4) is 11.8 Å². The maximum Gasteiger partial charge on any atom is 0.252 e. The van der Waals surface area contributed by atoms with Gasteiger partial charge in [-0.3, -0.25) is 9.59 Å². The molecular formula is C15H19N3O2S. The van der Waals surface area contributed by atoms with Crippen LogP contribution in [0.15, 0.2) is 11.4 Å². The summed E-state index contributed by atoms with van der Waals surface area (Å²) in [5, 5.41) is 4.48. The average molecular weight is 305 g/mol. The maximum atomic E-state index is 12.1. The minimum atomic E-state index is -0.505. The van der Waals surface area contributed by atoms with E-state index in [0.717, 1.165) is 30.8 Å². The Morgan fingerprint density at radius 2 is 2.19 bits per heavy atom. The number of hydrogen-bond acceptors (Lipinski definition) is 4. The van der Waals surface area contributed by atoms with Crippen molar-refractivity contribution < 1.29 is 9.59 Å². The van der Waals surface area contributed by atoms with Crippen molar-refractivity contribution in [2.24, 2.45) is 5.73 Å². The highest BCUT2D eigenvalue weighted by atomic mass is 32.1. The molecular weight excluding hydrogens is 286 g/mol. The van der Waals surface area contributed by atoms with Crippen LogP contribution in [0.4, 0.5) is 0 Å². The van der Waals surface area contributed by atoms with Gasteiger partial charge < -0.3 is 16.0 Å². The summed E-state index contributed by atoms with van der Waals surface area (Å²) in [5.41, 5.74) is 5.84. The van der Waals surface area contributed by atoms with Crippen LogP contribution in [0.2, 0.25) is 0 Å². The second-order valence-electron chi connectivity index (χ2n) is 4.93. The quantitative estimate of drug-likeness (QED) is 0.811. The van der Waals surface area contributed by atoms with Crippen molar-refractivity contribution >= 4 is 23.2 Å². The Balaban J connectivity index is 1.94. The molecule has 3 N–H and O–H groups in total. The van der Waals surface area contributed by atoms with Crippen LogP contribution < -0.4 is 11.1 Å². The molecule has 1 fully saturated rings. The molecule has 1 atom stereocenters. The zero-order valence-electron chi connectivity index (χ0n) is 12.0. The van der Waals surface area contributed by atoms with E-state index in [1.165, 1.54) is 11.3 Å². The minimum absolute atomic E-state index is 0.0146. The zero-order chi connectivity index (χ0) is 15.2. The third kappa shape index (κ3) is 4.06. The predicted molar refractivity (Wildman–Crippen MR) is 83.0 cm³/mol. The minimum Gasteiger partial charge on any atom is -0.341 e. The molecule has 5 nitrogen and oxygen atoms in total. The highest BCUT2D eigenvalue weighted by molar-refractivity contribution is 7.10. The summed E-state index contributed by atoms with van der Waals surface area (Å²) in [6.45, 7) is 3.59. The molecule has 1 saturated heterocycles. The number of nitrogens with zero attached hydrogens (tertiary/aromatic N) is 1. The lowest BCUT2D eigenvalue weighted by atomic mass is 10.2. The molecule has 0 bridgehead atoms. The van der Waals surface area contributed by atoms with Crippen molar-refractivity contribution in [3.63, 3.8) is 0 Å². The third-order valence-corrected chi connectivity index (χ3v) is 4.16. The van der Waals surface area contributed by atoms with E-state index in [1.807, 2.05) is 0 Å². The van der Waals surface area contributed by atoms with E-state index in [2.05, 4.69) is 17.2 Å². The summed E-state index contributed by atoms with van der Waals surface area (Å²) >= 11 is 1.39. The molecule has 1 aliphatic heterocycles. The number of rotatable bonds is 3. The van der Waals surface area contributed by atoms with Gasteiger partial charge >= 0.3 is 0 Å². The molecule has 0 aromatic carbocycles. The Labute approximate surface area is 128 Å². The molecule has 0 spiro atoms. The summed E-state index contributed by atoms with van der Waals surface area (Å²) in [6, 6.07) is 1.21. The lowest BCUT2D eigenvalue weighted by Crippen LogP contribution is -2.45. The highest BCUT2D eigenvalue weighted by Gasteiger charge is 2.24. The number of nitrogens with one attached hydrogen (secondary N) is 1. The first-order valence-electron chi connectivity index (χ1n) is 6.99. The molecule has 21 heavy (non-hydrogen) atoms. The van der Waals surface area contributed by atoms with Gasteiger partial charge in [0.2, 0.25) is 5.91 Å². The average Bonchev–Trinajstić information content (AvgIpc) is 3.15. The van der Waals surface area contributed by atoms with Crippen LogP contribution in [-0.2, 0) is 4.79 Å². The van der Waals surface area contributed by atoms with Gasteiger partial charge in [-0.25, -0.2) is 0 Å². The van der Waals surface area contributed by atoms with Crippen molar-refractivity contribution in [2.45, 2.75) is 25.8 Å². The van der Waals surface area contributed by atoms with Crippen molar-refractivity contribution in [2.75, 3.05) is 19.6 Å². The molecule has 1 aromatic rings. The van der Waals surface area contributed by atoms with Gasteiger partial charge in [-0.2, -0.15) is 0 Å². The summed E-state index contributed by atoms with van der Waals surface area (Å²) < 4.78 is 0. The molecule has 2 amide bonds. The molecule has 6 heteroatoms. The normalized spacial score (nSPS) is 15.2. The molecule has 0 radical (unpaired) electrons. The largest absolute Gasteiger partial charge is 0.341 e. The van der Waals surface area contributed by atoms with E-state index >= 15 is 0 Å². The van der Waals surface area contributed by atoms with Gasteiger partial charge in [0.1, 0.15) is 6.04 Å². The van der Waals surface area contributed by atoms with Gasteiger partial charge in [0.05, 0.1) is 17.0 Å². The van der Waals surface area contributed by atoms with Gasteiger partial charge in [-0.05, 0) is 25.8 Å². The van der Waals surface area contributed by atoms with Crippen molar-refractivity contribution in [3.05, 3.63) is 21.9 Å². The van der Waals surface area contributed by atoms with Crippen LogP contribution in [0.5, 0.6) is 0 Å². The Hall–Kier alpha value is -1.84. The SMILES string of the molecule is CC(NC(=O)c1csc(C#CCN)c1)C(=O)N1CCCC1. The van der Waals surface area contributed by atoms with Crippen LogP contribution in [0.1, 0.15) is 35.0 Å². The van der Waals surface area contributed by atoms with Gasteiger partial charge in [0.15, 0.2) is 0 Å². The fraction of sp³-hybridized carbons (Fsp3) is 0.467. The predicted octanol–water partition coefficient (Wildman–Crippen LogP) is 0.799. The number of carbonyl (C=O) groups excluding carboxylic acids is 2. The van der Waals surface area contributed by atoms with Gasteiger partial charge in [-0.1, -0.05) is 11.8 Å². The smallest absolute Gasteiger partial charge is 0.252 e. The Morgan fingerprint density at radius 1 is 1.48 bits per heavy atom. The highest BCUT2D eigenvalue weighted by Crippen LogP contribution is 2.14. The molecule has 0 saturated carbocycles. The first kappa shape index (κ1) is 15.5. The van der Waals surface area contributed by atoms with Crippen LogP contribution >= 0.6 is 11.3 Å². The van der Waals surface area contributed by atoms with E-state index in [9.17, 15) is 9.59 Å². The van der Waals surface area contributed by atoms with Crippen LogP contribution in [0.25, 0.3) is 0 Å².